The van der Waals surface area contributed by atoms with E-state index in [1.807, 2.05) is 0 Å². The van der Waals surface area contributed by atoms with E-state index in [0.29, 0.717) is 6.04 Å². The van der Waals surface area contributed by atoms with Crippen LogP contribution in [0.25, 0.3) is 0 Å². The van der Waals surface area contributed by atoms with E-state index in [0.717, 1.165) is 19.8 Å². The Bertz CT molecular complexity index is 155. The number of carbonyl (C=O) groups is 1. The van der Waals surface area contributed by atoms with Crippen molar-refractivity contribution in [3.63, 3.8) is 0 Å². The second kappa shape index (κ2) is 4.54. The Balaban J connectivity index is 0.000000218. The molecule has 0 saturated heterocycles. The zero-order valence-electron chi connectivity index (χ0n) is 6.45. The molecule has 0 aromatic carbocycles. The van der Waals surface area contributed by atoms with E-state index >= 15 is 0 Å². The largest absolute Gasteiger partial charge is 0.481 e. The van der Waals surface area contributed by atoms with Gasteiger partial charge in [-0.15, -0.1) is 0 Å². The van der Waals surface area contributed by atoms with Gasteiger partial charge in [0.05, 0.1) is 6.04 Å². The van der Waals surface area contributed by atoms with Crippen LogP contribution in [0.1, 0.15) is 19.8 Å². The van der Waals surface area contributed by atoms with Gasteiger partial charge in [0.25, 0.3) is 5.97 Å². The summed E-state index contributed by atoms with van der Waals surface area (Å²) >= 11 is 0. The molecule has 5 heteroatoms. The maximum absolute atomic E-state index is 9.00. The third-order valence-corrected chi connectivity index (χ3v) is 0.879. The van der Waals surface area contributed by atoms with Crippen LogP contribution in [-0.4, -0.2) is 23.1 Å². The molecule has 0 aromatic heterocycles. The summed E-state index contributed by atoms with van der Waals surface area (Å²) in [6.45, 7) is 1.08. The molecule has 1 fully saturated rings. The summed E-state index contributed by atoms with van der Waals surface area (Å²) in [6, 6.07) is 0.463. The minimum absolute atomic E-state index is 0.225. The van der Waals surface area contributed by atoms with Gasteiger partial charge in [0, 0.05) is 6.92 Å². The Kier molecular flexibility index (Phi) is 4.02. The molecule has 11 heavy (non-hydrogen) atoms. The van der Waals surface area contributed by atoms with Gasteiger partial charge in [-0.25, -0.2) is 0 Å². The molecule has 64 valence electrons. The molecule has 0 unspecified atom stereocenters. The molecule has 0 heterocycles. The first-order chi connectivity index (χ1) is 5.02. The summed E-state index contributed by atoms with van der Waals surface area (Å²) in [5, 5.41) is 7.42. The van der Waals surface area contributed by atoms with Gasteiger partial charge in [-0.05, 0) is 12.8 Å². The van der Waals surface area contributed by atoms with Crippen LogP contribution in [0.15, 0.2) is 4.99 Å². The normalized spacial score (nSPS) is 14.3. The number of nitrogens with zero attached hydrogens (tertiary/aromatic N) is 1. The van der Waals surface area contributed by atoms with Crippen molar-refractivity contribution < 1.29 is 9.90 Å². The highest BCUT2D eigenvalue weighted by Gasteiger charge is 2.19. The molecule has 0 spiro atoms. The molecule has 1 aliphatic rings. The first-order valence-corrected chi connectivity index (χ1v) is 3.30. The Morgan fingerprint density at radius 1 is 1.55 bits per heavy atom. The molecule has 0 bridgehead atoms. The quantitative estimate of drug-likeness (QED) is 0.355. The molecule has 5 nitrogen and oxygen atoms in total. The number of rotatable bonds is 1. The lowest BCUT2D eigenvalue weighted by atomic mass is 10.7. The highest BCUT2D eigenvalue weighted by Crippen LogP contribution is 2.22. The lowest BCUT2D eigenvalue weighted by Crippen LogP contribution is -2.23. The molecule has 0 amide bonds. The summed E-state index contributed by atoms with van der Waals surface area (Å²) < 4.78 is 0. The van der Waals surface area contributed by atoms with Crippen LogP contribution in [0.5, 0.6) is 0 Å². The number of hydrogen-bond donors (Lipinski definition) is 3. The molecule has 1 rings (SSSR count). The Morgan fingerprint density at radius 2 is 1.91 bits per heavy atom. The second-order valence-electron chi connectivity index (χ2n) is 2.30. The third kappa shape index (κ3) is 12.1. The zero-order valence-corrected chi connectivity index (χ0v) is 6.45. The van der Waals surface area contributed by atoms with E-state index in [4.69, 9.17) is 21.4 Å². The lowest BCUT2D eigenvalue weighted by Gasteiger charge is -1.84. The van der Waals surface area contributed by atoms with E-state index in [-0.39, 0.29) is 5.96 Å². The zero-order chi connectivity index (χ0) is 8.85. The van der Waals surface area contributed by atoms with Gasteiger partial charge in [0.15, 0.2) is 5.96 Å². The molecular weight excluding hydrogens is 146 g/mol. The fourth-order valence-electron chi connectivity index (χ4n) is 0.414. The topological polar surface area (TPSA) is 102 Å². The molecule has 0 radical (unpaired) electrons. The minimum atomic E-state index is -0.833. The van der Waals surface area contributed by atoms with Gasteiger partial charge in [-0.2, -0.15) is 0 Å². The number of guanidine groups is 1. The number of carboxylic acids is 1. The summed E-state index contributed by atoms with van der Waals surface area (Å²) in [5.41, 5.74) is 10.1. The first kappa shape index (κ1) is 9.74. The average molecular weight is 159 g/mol. The van der Waals surface area contributed by atoms with Crippen LogP contribution in [-0.2, 0) is 4.79 Å². The molecule has 1 saturated carbocycles. The average Bonchev–Trinajstić information content (AvgIpc) is 2.45. The van der Waals surface area contributed by atoms with Crippen molar-refractivity contribution in [3.05, 3.63) is 0 Å². The third-order valence-electron chi connectivity index (χ3n) is 0.879. The fourth-order valence-corrected chi connectivity index (χ4v) is 0.414. The summed E-state index contributed by atoms with van der Waals surface area (Å²) in [4.78, 5) is 12.9. The fraction of sp³-hybridized carbons (Fsp3) is 0.667. The van der Waals surface area contributed by atoms with E-state index in [2.05, 4.69) is 4.99 Å². The minimum Gasteiger partial charge on any atom is -0.481 e. The van der Waals surface area contributed by atoms with Crippen molar-refractivity contribution in [2.24, 2.45) is 16.5 Å². The number of nitrogens with two attached hydrogens (primary N) is 2. The number of carboxylic acid groups (broad SMARTS) is 1. The predicted octanol–water partition coefficient (Wildman–Crippen LogP) is -0.487. The van der Waals surface area contributed by atoms with Crippen LogP contribution in [0, 0.1) is 0 Å². The van der Waals surface area contributed by atoms with Gasteiger partial charge in [0.2, 0.25) is 0 Å². The molecule has 0 aliphatic heterocycles. The van der Waals surface area contributed by atoms with Crippen molar-refractivity contribution >= 4 is 11.9 Å². The van der Waals surface area contributed by atoms with E-state index in [1.165, 1.54) is 0 Å². The number of hydrogen-bond acceptors (Lipinski definition) is 2. The van der Waals surface area contributed by atoms with Gasteiger partial charge in [0.1, 0.15) is 0 Å². The predicted molar refractivity (Wildman–Crippen MR) is 42.1 cm³/mol. The summed E-state index contributed by atoms with van der Waals surface area (Å²) in [5.74, 6) is -0.609. The van der Waals surface area contributed by atoms with Gasteiger partial charge >= 0.3 is 0 Å². The van der Waals surface area contributed by atoms with Crippen molar-refractivity contribution in [1.29, 1.82) is 0 Å². The molecule has 0 aromatic rings. The van der Waals surface area contributed by atoms with Gasteiger partial charge in [-0.3, -0.25) is 9.79 Å². The Hall–Kier alpha value is -1.26. The van der Waals surface area contributed by atoms with Crippen LogP contribution < -0.4 is 11.5 Å². The van der Waals surface area contributed by atoms with Crippen LogP contribution in [0.2, 0.25) is 0 Å². The van der Waals surface area contributed by atoms with Crippen molar-refractivity contribution in [1.82, 2.24) is 0 Å². The number of aliphatic carboxylic acids is 1. The van der Waals surface area contributed by atoms with Crippen LogP contribution in [0.3, 0.4) is 0 Å². The van der Waals surface area contributed by atoms with E-state index in [1.54, 1.807) is 0 Å². The summed E-state index contributed by atoms with van der Waals surface area (Å²) in [6.07, 6.45) is 2.33. The molecule has 1 aliphatic carbocycles. The monoisotopic (exact) mass is 159 g/mol. The highest BCUT2D eigenvalue weighted by molar-refractivity contribution is 5.76. The van der Waals surface area contributed by atoms with E-state index < -0.39 is 5.97 Å². The van der Waals surface area contributed by atoms with Crippen LogP contribution >= 0.6 is 0 Å². The maximum atomic E-state index is 9.00. The Labute approximate surface area is 65.1 Å². The smallest absolute Gasteiger partial charge is 0.300 e. The second-order valence-corrected chi connectivity index (χ2v) is 2.30. The van der Waals surface area contributed by atoms with Crippen molar-refractivity contribution in [3.8, 4) is 0 Å². The molecular formula is C6H13N3O2. The molecule has 5 N–H and O–H groups in total. The van der Waals surface area contributed by atoms with Gasteiger partial charge in [-0.1, -0.05) is 0 Å². The maximum Gasteiger partial charge on any atom is 0.300 e. The molecule has 0 atom stereocenters. The van der Waals surface area contributed by atoms with Gasteiger partial charge < -0.3 is 16.6 Å². The summed E-state index contributed by atoms with van der Waals surface area (Å²) in [7, 11) is 0. The van der Waals surface area contributed by atoms with Crippen molar-refractivity contribution in [2.75, 3.05) is 0 Å². The number of aliphatic imine (C=N–C) groups is 1. The highest BCUT2D eigenvalue weighted by atomic mass is 16.4. The lowest BCUT2D eigenvalue weighted by molar-refractivity contribution is -0.134. The first-order valence-electron chi connectivity index (χ1n) is 3.30. The standard InChI is InChI=1S/C4H9N3.C2H4O2/c5-4(6)7-3-1-2-3;1-2(3)4/h3H,1-2H2,(H4,5,6,7);1H3,(H,3,4). The van der Waals surface area contributed by atoms with E-state index in [9.17, 15) is 0 Å². The van der Waals surface area contributed by atoms with Crippen molar-refractivity contribution in [2.45, 2.75) is 25.8 Å². The van der Waals surface area contributed by atoms with Crippen LogP contribution in [0.4, 0.5) is 0 Å². The SMILES string of the molecule is CC(=O)O.NC(N)=NC1CC1. The Morgan fingerprint density at radius 3 is 2.00 bits per heavy atom.